The first-order chi connectivity index (χ1) is 9.08. The van der Waals surface area contributed by atoms with Crippen LogP contribution in [0.4, 0.5) is 0 Å². The molecule has 98 valence electrons. The van der Waals surface area contributed by atoms with E-state index in [9.17, 15) is 4.79 Å². The highest BCUT2D eigenvalue weighted by Crippen LogP contribution is 2.34. The highest BCUT2D eigenvalue weighted by molar-refractivity contribution is 9.10. The number of carbonyl (C=O) groups excluding carboxylic acids is 1. The van der Waals surface area contributed by atoms with Gasteiger partial charge in [-0.25, -0.2) is 4.98 Å². The number of halogens is 2. The Morgan fingerprint density at radius 1 is 1.42 bits per heavy atom. The molecule has 0 N–H and O–H groups in total. The van der Waals surface area contributed by atoms with Gasteiger partial charge in [0, 0.05) is 10.0 Å². The third-order valence-corrected chi connectivity index (χ3v) is 4.07. The van der Waals surface area contributed by atoms with Gasteiger partial charge in [-0.3, -0.25) is 4.79 Å². The van der Waals surface area contributed by atoms with Crippen LogP contribution in [0.2, 0.25) is 5.02 Å². The molecule has 0 amide bonds. The van der Waals surface area contributed by atoms with Gasteiger partial charge in [-0.05, 0) is 40.5 Å². The summed E-state index contributed by atoms with van der Waals surface area (Å²) >= 11 is 9.63. The van der Waals surface area contributed by atoms with E-state index >= 15 is 0 Å². The minimum absolute atomic E-state index is 0.307. The van der Waals surface area contributed by atoms with Crippen molar-refractivity contribution in [1.29, 1.82) is 0 Å². The van der Waals surface area contributed by atoms with Gasteiger partial charge in [-0.2, -0.15) is 0 Å². The van der Waals surface area contributed by atoms with Crippen LogP contribution in [0.5, 0.6) is 5.88 Å². The van der Waals surface area contributed by atoms with Crippen molar-refractivity contribution in [2.75, 3.05) is 7.11 Å². The average Bonchev–Trinajstić information content (AvgIpc) is 2.40. The van der Waals surface area contributed by atoms with Gasteiger partial charge in [0.25, 0.3) is 0 Å². The largest absolute Gasteiger partial charge is 0.480 e. The summed E-state index contributed by atoms with van der Waals surface area (Å²) in [6.45, 7) is 1.84. The van der Waals surface area contributed by atoms with Gasteiger partial charge >= 0.3 is 0 Å². The van der Waals surface area contributed by atoms with Crippen LogP contribution in [0.15, 0.2) is 28.7 Å². The smallest absolute Gasteiger partial charge is 0.224 e. The van der Waals surface area contributed by atoms with E-state index in [1.165, 1.54) is 7.11 Å². The first kappa shape index (κ1) is 14.0. The van der Waals surface area contributed by atoms with Crippen LogP contribution in [0.25, 0.3) is 11.3 Å². The van der Waals surface area contributed by atoms with Crippen molar-refractivity contribution in [3.63, 3.8) is 0 Å². The fraction of sp³-hybridized carbons (Fsp3) is 0.143. The number of aldehydes is 1. The number of hydrogen-bond acceptors (Lipinski definition) is 3. The zero-order valence-electron chi connectivity index (χ0n) is 10.4. The minimum atomic E-state index is 0.307. The van der Waals surface area contributed by atoms with Gasteiger partial charge in [0.05, 0.1) is 23.4 Å². The number of ether oxygens (including phenoxy) is 1. The zero-order chi connectivity index (χ0) is 14.0. The lowest BCUT2D eigenvalue weighted by Gasteiger charge is -2.10. The molecule has 0 saturated carbocycles. The molecule has 3 nitrogen and oxygen atoms in total. The monoisotopic (exact) mass is 339 g/mol. The van der Waals surface area contributed by atoms with Crippen molar-refractivity contribution in [2.45, 2.75) is 6.92 Å². The second kappa shape index (κ2) is 5.72. The lowest BCUT2D eigenvalue weighted by atomic mass is 10.1. The Balaban J connectivity index is 2.67. The van der Waals surface area contributed by atoms with Gasteiger partial charge in [0.2, 0.25) is 5.88 Å². The Morgan fingerprint density at radius 3 is 2.79 bits per heavy atom. The Bertz CT molecular complexity index is 644. The number of benzene rings is 1. The maximum atomic E-state index is 11.0. The fourth-order valence-corrected chi connectivity index (χ4v) is 2.38. The maximum absolute atomic E-state index is 11.0. The molecule has 1 aromatic heterocycles. The topological polar surface area (TPSA) is 39.2 Å². The maximum Gasteiger partial charge on any atom is 0.224 e. The third-order valence-electron chi connectivity index (χ3n) is 2.77. The third kappa shape index (κ3) is 2.65. The number of nitrogens with zero attached hydrogens (tertiary/aromatic N) is 1. The number of methoxy groups -OCH3 is 1. The van der Waals surface area contributed by atoms with Crippen LogP contribution in [-0.2, 0) is 0 Å². The van der Waals surface area contributed by atoms with Gasteiger partial charge in [0.15, 0.2) is 6.29 Å². The normalized spacial score (nSPS) is 10.3. The molecule has 0 spiro atoms. The van der Waals surface area contributed by atoms with E-state index < -0.39 is 0 Å². The molecule has 0 saturated heterocycles. The van der Waals surface area contributed by atoms with Crippen LogP contribution in [0, 0.1) is 6.92 Å². The predicted molar refractivity (Wildman–Crippen MR) is 79.1 cm³/mol. The van der Waals surface area contributed by atoms with E-state index in [1.807, 2.05) is 31.2 Å². The number of carbonyl (C=O) groups is 1. The van der Waals surface area contributed by atoms with Crippen molar-refractivity contribution in [3.05, 3.63) is 44.9 Å². The summed E-state index contributed by atoms with van der Waals surface area (Å²) in [4.78, 5) is 15.4. The van der Waals surface area contributed by atoms with E-state index in [2.05, 4.69) is 20.9 Å². The van der Waals surface area contributed by atoms with Crippen molar-refractivity contribution < 1.29 is 9.53 Å². The van der Waals surface area contributed by atoms with E-state index in [0.717, 1.165) is 21.9 Å². The standard InChI is InChI=1S/C14H11BrClNO2/c1-8-6-12(17-14(19-2)10(8)7-18)9-4-3-5-11(15)13(9)16/h3-7H,1-2H3. The molecule has 0 unspecified atom stereocenters. The summed E-state index contributed by atoms with van der Waals surface area (Å²) in [6, 6.07) is 7.42. The summed E-state index contributed by atoms with van der Waals surface area (Å²) in [6.07, 6.45) is 0.744. The Kier molecular flexibility index (Phi) is 4.22. The number of aromatic nitrogens is 1. The number of aryl methyl sites for hydroxylation is 1. The molecule has 0 atom stereocenters. The molecular formula is C14H11BrClNO2. The highest BCUT2D eigenvalue weighted by atomic mass is 79.9. The molecule has 0 radical (unpaired) electrons. The first-order valence-electron chi connectivity index (χ1n) is 5.53. The van der Waals surface area contributed by atoms with Gasteiger partial charge in [-0.15, -0.1) is 0 Å². The molecule has 0 bridgehead atoms. The summed E-state index contributed by atoms with van der Waals surface area (Å²) in [5, 5.41) is 0.579. The van der Waals surface area contributed by atoms with Gasteiger partial charge < -0.3 is 4.74 Å². The van der Waals surface area contributed by atoms with E-state index in [-0.39, 0.29) is 0 Å². The SMILES string of the molecule is COc1nc(-c2cccc(Br)c2Cl)cc(C)c1C=O. The van der Waals surface area contributed by atoms with Gasteiger partial charge in [0.1, 0.15) is 0 Å². The van der Waals surface area contributed by atoms with Crippen molar-refractivity contribution in [2.24, 2.45) is 0 Å². The molecular weight excluding hydrogens is 330 g/mol. The molecule has 2 rings (SSSR count). The van der Waals surface area contributed by atoms with Crippen LogP contribution in [0.1, 0.15) is 15.9 Å². The summed E-state index contributed by atoms with van der Waals surface area (Å²) < 4.78 is 5.95. The van der Waals surface area contributed by atoms with Crippen LogP contribution in [0.3, 0.4) is 0 Å². The minimum Gasteiger partial charge on any atom is -0.480 e. The molecule has 5 heteroatoms. The number of rotatable bonds is 3. The van der Waals surface area contributed by atoms with Crippen LogP contribution in [-0.4, -0.2) is 18.4 Å². The zero-order valence-corrected chi connectivity index (χ0v) is 12.7. The Hall–Kier alpha value is -1.39. The Morgan fingerprint density at radius 2 is 2.16 bits per heavy atom. The van der Waals surface area contributed by atoms with Gasteiger partial charge in [-0.1, -0.05) is 23.7 Å². The molecule has 0 aliphatic carbocycles. The van der Waals surface area contributed by atoms with E-state index in [0.29, 0.717) is 22.2 Å². The van der Waals surface area contributed by atoms with E-state index in [4.69, 9.17) is 16.3 Å². The summed E-state index contributed by atoms with van der Waals surface area (Å²) in [5.41, 5.74) is 2.71. The number of pyridine rings is 1. The number of hydrogen-bond donors (Lipinski definition) is 0. The Labute approximate surface area is 124 Å². The van der Waals surface area contributed by atoms with E-state index in [1.54, 1.807) is 0 Å². The molecule has 1 heterocycles. The van der Waals surface area contributed by atoms with Crippen molar-refractivity contribution >= 4 is 33.8 Å². The van der Waals surface area contributed by atoms with Crippen LogP contribution >= 0.6 is 27.5 Å². The second-order valence-corrected chi connectivity index (χ2v) is 5.20. The fourth-order valence-electron chi connectivity index (χ4n) is 1.79. The first-order valence-corrected chi connectivity index (χ1v) is 6.70. The molecule has 19 heavy (non-hydrogen) atoms. The molecule has 0 fully saturated rings. The molecule has 2 aromatic rings. The van der Waals surface area contributed by atoms with Crippen molar-refractivity contribution in [1.82, 2.24) is 4.98 Å². The average molecular weight is 341 g/mol. The predicted octanol–water partition coefficient (Wildman–Crippen LogP) is 4.29. The molecule has 0 aliphatic rings. The molecule has 1 aromatic carbocycles. The lowest BCUT2D eigenvalue weighted by molar-refractivity contribution is 0.111. The summed E-state index contributed by atoms with van der Waals surface area (Å²) in [5.74, 6) is 0.307. The quantitative estimate of drug-likeness (QED) is 0.782. The summed E-state index contributed by atoms with van der Waals surface area (Å²) in [7, 11) is 1.49. The lowest BCUT2D eigenvalue weighted by Crippen LogP contribution is -1.99. The highest BCUT2D eigenvalue weighted by Gasteiger charge is 2.14. The second-order valence-electron chi connectivity index (χ2n) is 3.97. The van der Waals surface area contributed by atoms with Crippen LogP contribution < -0.4 is 4.74 Å². The van der Waals surface area contributed by atoms with Crippen molar-refractivity contribution in [3.8, 4) is 17.1 Å². The molecule has 0 aliphatic heterocycles.